The third-order valence-electron chi connectivity index (χ3n) is 4.46. The molecule has 3 aromatic rings. The molecule has 25 heavy (non-hydrogen) atoms. The molecule has 1 aliphatic heterocycles. The molecule has 1 aromatic carbocycles. The molecule has 3 heterocycles. The summed E-state index contributed by atoms with van der Waals surface area (Å²) in [6.45, 7) is 4.39. The molecule has 7 heteroatoms. The van der Waals surface area contributed by atoms with Crippen LogP contribution < -0.4 is 5.32 Å². The SMILES string of the molecule is C[C@H]1CNCCN1C(=O)c1cnn2c(-c3ccccc3)ccnc12.Cl. The quantitative estimate of drug-likeness (QED) is 0.764. The topological polar surface area (TPSA) is 62.5 Å². The summed E-state index contributed by atoms with van der Waals surface area (Å²) >= 11 is 0. The standard InChI is InChI=1S/C18H19N5O.ClH/c1-13-11-19-9-10-22(13)18(24)15-12-21-23-16(7-8-20-17(15)23)14-5-3-2-4-6-14;/h2-8,12-13,19H,9-11H2,1H3;1H/t13-;/m0./s1. The Balaban J connectivity index is 0.00000182. The fourth-order valence-corrected chi connectivity index (χ4v) is 3.17. The van der Waals surface area contributed by atoms with Gasteiger partial charge < -0.3 is 10.2 Å². The van der Waals surface area contributed by atoms with Crippen molar-refractivity contribution in [2.24, 2.45) is 0 Å². The van der Waals surface area contributed by atoms with Crippen LogP contribution in [0.5, 0.6) is 0 Å². The smallest absolute Gasteiger partial charge is 0.259 e. The molecule has 0 spiro atoms. The molecule has 0 bridgehead atoms. The lowest BCUT2D eigenvalue weighted by atomic mass is 10.1. The largest absolute Gasteiger partial charge is 0.333 e. The lowest BCUT2D eigenvalue weighted by Gasteiger charge is -2.33. The number of carbonyl (C=O) groups is 1. The molecule has 0 unspecified atom stereocenters. The van der Waals surface area contributed by atoms with Crippen LogP contribution in [0.4, 0.5) is 0 Å². The highest BCUT2D eigenvalue weighted by atomic mass is 35.5. The van der Waals surface area contributed by atoms with E-state index in [9.17, 15) is 4.79 Å². The van der Waals surface area contributed by atoms with Gasteiger partial charge in [0.1, 0.15) is 5.56 Å². The van der Waals surface area contributed by atoms with Crippen LogP contribution in [0.2, 0.25) is 0 Å². The van der Waals surface area contributed by atoms with E-state index in [1.54, 1.807) is 16.9 Å². The normalized spacial score (nSPS) is 17.3. The number of rotatable bonds is 2. The Kier molecular flexibility index (Phi) is 5.01. The van der Waals surface area contributed by atoms with Gasteiger partial charge in [0.2, 0.25) is 0 Å². The van der Waals surface area contributed by atoms with Crippen molar-refractivity contribution in [1.82, 2.24) is 24.8 Å². The second-order valence-electron chi connectivity index (χ2n) is 6.04. The summed E-state index contributed by atoms with van der Waals surface area (Å²) in [5.74, 6) is -0.00304. The molecule has 1 N–H and O–H groups in total. The predicted molar refractivity (Wildman–Crippen MR) is 99.0 cm³/mol. The van der Waals surface area contributed by atoms with Crippen LogP contribution >= 0.6 is 12.4 Å². The predicted octanol–water partition coefficient (Wildman–Crippen LogP) is 2.25. The number of hydrogen-bond acceptors (Lipinski definition) is 4. The minimum atomic E-state index is -0.00304. The molecule has 1 amide bonds. The second kappa shape index (κ2) is 7.21. The van der Waals surface area contributed by atoms with E-state index in [0.717, 1.165) is 24.3 Å². The Hall–Kier alpha value is -2.44. The van der Waals surface area contributed by atoms with E-state index in [0.29, 0.717) is 17.8 Å². The summed E-state index contributed by atoms with van der Waals surface area (Å²) in [5.41, 5.74) is 3.13. The van der Waals surface area contributed by atoms with Gasteiger partial charge in [0, 0.05) is 37.4 Å². The lowest BCUT2D eigenvalue weighted by molar-refractivity contribution is 0.0657. The Bertz CT molecular complexity index is 880. The first-order valence-electron chi connectivity index (χ1n) is 8.15. The second-order valence-corrected chi connectivity index (χ2v) is 6.04. The summed E-state index contributed by atoms with van der Waals surface area (Å²) in [6.07, 6.45) is 3.36. The summed E-state index contributed by atoms with van der Waals surface area (Å²) < 4.78 is 1.75. The van der Waals surface area contributed by atoms with Crippen LogP contribution in [-0.2, 0) is 0 Å². The summed E-state index contributed by atoms with van der Waals surface area (Å²) in [7, 11) is 0. The number of piperazine rings is 1. The first-order valence-corrected chi connectivity index (χ1v) is 8.15. The van der Waals surface area contributed by atoms with Crippen molar-refractivity contribution in [3.63, 3.8) is 0 Å². The van der Waals surface area contributed by atoms with Crippen molar-refractivity contribution >= 4 is 24.0 Å². The number of amides is 1. The summed E-state index contributed by atoms with van der Waals surface area (Å²) in [6, 6.07) is 12.1. The van der Waals surface area contributed by atoms with E-state index in [1.165, 1.54) is 0 Å². The zero-order valence-electron chi connectivity index (χ0n) is 13.9. The van der Waals surface area contributed by atoms with Crippen LogP contribution in [0.1, 0.15) is 17.3 Å². The van der Waals surface area contributed by atoms with Crippen LogP contribution in [-0.4, -0.2) is 51.1 Å². The van der Waals surface area contributed by atoms with Crippen LogP contribution in [0, 0.1) is 0 Å². The van der Waals surface area contributed by atoms with Crippen molar-refractivity contribution < 1.29 is 4.79 Å². The molecule has 1 aliphatic rings. The average Bonchev–Trinajstić information content (AvgIpc) is 3.06. The number of aromatic nitrogens is 3. The monoisotopic (exact) mass is 357 g/mol. The van der Waals surface area contributed by atoms with Gasteiger partial charge in [-0.3, -0.25) is 4.79 Å². The summed E-state index contributed by atoms with van der Waals surface area (Å²) in [4.78, 5) is 19.2. The van der Waals surface area contributed by atoms with E-state index in [2.05, 4.69) is 22.3 Å². The Morgan fingerprint density at radius 3 is 2.80 bits per heavy atom. The minimum Gasteiger partial charge on any atom is -0.333 e. The van der Waals surface area contributed by atoms with Crippen molar-refractivity contribution in [2.45, 2.75) is 13.0 Å². The molecule has 6 nitrogen and oxygen atoms in total. The molecule has 1 saturated heterocycles. The highest BCUT2D eigenvalue weighted by molar-refractivity contribution is 6.00. The fraction of sp³-hybridized carbons (Fsp3) is 0.278. The number of nitrogens with one attached hydrogen (secondary N) is 1. The molecule has 4 rings (SSSR count). The molecular formula is C18H20ClN5O. The third kappa shape index (κ3) is 3.10. The van der Waals surface area contributed by atoms with Crippen LogP contribution in [0.15, 0.2) is 48.8 Å². The van der Waals surface area contributed by atoms with Gasteiger partial charge in [0.15, 0.2) is 5.65 Å². The molecule has 2 aromatic heterocycles. The van der Waals surface area contributed by atoms with Gasteiger partial charge in [-0.15, -0.1) is 12.4 Å². The highest BCUT2D eigenvalue weighted by Crippen LogP contribution is 2.22. The van der Waals surface area contributed by atoms with E-state index in [4.69, 9.17) is 0 Å². The number of benzene rings is 1. The van der Waals surface area contributed by atoms with E-state index >= 15 is 0 Å². The van der Waals surface area contributed by atoms with Gasteiger partial charge >= 0.3 is 0 Å². The van der Waals surface area contributed by atoms with E-state index < -0.39 is 0 Å². The maximum absolute atomic E-state index is 12.9. The van der Waals surface area contributed by atoms with Crippen molar-refractivity contribution in [3.05, 3.63) is 54.4 Å². The lowest BCUT2D eigenvalue weighted by Crippen LogP contribution is -2.52. The van der Waals surface area contributed by atoms with Gasteiger partial charge in [-0.05, 0) is 13.0 Å². The Morgan fingerprint density at radius 2 is 2.04 bits per heavy atom. The fourth-order valence-electron chi connectivity index (χ4n) is 3.17. The Labute approximate surface area is 152 Å². The third-order valence-corrected chi connectivity index (χ3v) is 4.46. The highest BCUT2D eigenvalue weighted by Gasteiger charge is 2.27. The number of halogens is 1. The summed E-state index contributed by atoms with van der Waals surface area (Å²) in [5, 5.41) is 7.73. The number of hydrogen-bond donors (Lipinski definition) is 1. The van der Waals surface area contributed by atoms with Gasteiger partial charge in [0.05, 0.1) is 11.9 Å². The molecule has 0 aliphatic carbocycles. The maximum Gasteiger partial charge on any atom is 0.259 e. The van der Waals surface area contributed by atoms with Gasteiger partial charge in [-0.25, -0.2) is 9.50 Å². The van der Waals surface area contributed by atoms with E-state index in [1.807, 2.05) is 41.3 Å². The van der Waals surface area contributed by atoms with Gasteiger partial charge in [-0.1, -0.05) is 30.3 Å². The molecular weight excluding hydrogens is 338 g/mol. The van der Waals surface area contributed by atoms with Crippen molar-refractivity contribution in [3.8, 4) is 11.3 Å². The van der Waals surface area contributed by atoms with Gasteiger partial charge in [0.25, 0.3) is 5.91 Å². The zero-order chi connectivity index (χ0) is 16.5. The molecule has 1 atom stereocenters. The molecule has 0 radical (unpaired) electrons. The number of nitrogens with zero attached hydrogens (tertiary/aromatic N) is 4. The molecule has 0 saturated carbocycles. The Morgan fingerprint density at radius 1 is 1.24 bits per heavy atom. The minimum absolute atomic E-state index is 0. The number of carbonyl (C=O) groups excluding carboxylic acids is 1. The number of fused-ring (bicyclic) bond motifs is 1. The van der Waals surface area contributed by atoms with Crippen molar-refractivity contribution in [2.75, 3.05) is 19.6 Å². The molecule has 1 fully saturated rings. The van der Waals surface area contributed by atoms with Crippen LogP contribution in [0.3, 0.4) is 0 Å². The first kappa shape index (κ1) is 17.4. The van der Waals surface area contributed by atoms with Crippen molar-refractivity contribution in [1.29, 1.82) is 0 Å². The van der Waals surface area contributed by atoms with E-state index in [-0.39, 0.29) is 24.4 Å². The zero-order valence-corrected chi connectivity index (χ0v) is 14.7. The molecule has 130 valence electrons. The average molecular weight is 358 g/mol. The van der Waals surface area contributed by atoms with Gasteiger partial charge in [-0.2, -0.15) is 5.10 Å². The van der Waals surface area contributed by atoms with Crippen LogP contribution in [0.25, 0.3) is 16.9 Å². The maximum atomic E-state index is 12.9. The first-order chi connectivity index (χ1) is 11.8.